The van der Waals surface area contributed by atoms with Gasteiger partial charge in [0.15, 0.2) is 0 Å². The Morgan fingerprint density at radius 2 is 1.81 bits per heavy atom. The highest BCUT2D eigenvalue weighted by atomic mass is 16.5. The number of carbonyl (C=O) groups is 2. The van der Waals surface area contributed by atoms with E-state index < -0.39 is 5.97 Å². The highest BCUT2D eigenvalue weighted by Crippen LogP contribution is 2.31. The fraction of sp³-hybridized carbons (Fsp3) is 0.462. The van der Waals surface area contributed by atoms with Crippen molar-refractivity contribution in [1.29, 1.82) is 0 Å². The normalized spacial score (nSPS) is 14.8. The van der Waals surface area contributed by atoms with Gasteiger partial charge in [0.05, 0.1) is 12.1 Å². The van der Waals surface area contributed by atoms with Crippen molar-refractivity contribution in [3.8, 4) is 5.75 Å². The van der Waals surface area contributed by atoms with Crippen LogP contribution in [-0.4, -0.2) is 36.2 Å². The van der Waals surface area contributed by atoms with Crippen LogP contribution in [-0.2, 0) is 0 Å². The van der Waals surface area contributed by atoms with Gasteiger partial charge in [-0.2, -0.15) is 0 Å². The number of nitrogens with one attached hydrogen (secondary N) is 1. The van der Waals surface area contributed by atoms with E-state index in [1.807, 2.05) is 19.9 Å². The second kappa shape index (κ2) is 11.0. The average Bonchev–Trinajstić information content (AvgIpc) is 2.78. The highest BCUT2D eigenvalue weighted by Gasteiger charge is 2.23. The van der Waals surface area contributed by atoms with Crippen molar-refractivity contribution in [3.63, 3.8) is 0 Å². The molecule has 172 valence electrons. The first-order chi connectivity index (χ1) is 15.4. The Morgan fingerprint density at radius 1 is 1.09 bits per heavy atom. The lowest BCUT2D eigenvalue weighted by Crippen LogP contribution is -2.33. The molecule has 6 nitrogen and oxygen atoms in total. The number of para-hydroxylation sites is 1. The highest BCUT2D eigenvalue weighted by molar-refractivity contribution is 5.98. The number of amides is 1. The third-order valence-electron chi connectivity index (χ3n) is 5.73. The van der Waals surface area contributed by atoms with Gasteiger partial charge in [0.25, 0.3) is 5.91 Å². The lowest BCUT2D eigenvalue weighted by Gasteiger charge is -2.32. The number of anilines is 1. The number of hydrogen-bond donors (Lipinski definition) is 2. The van der Waals surface area contributed by atoms with Crippen LogP contribution in [0.1, 0.15) is 85.2 Å². The Bertz CT molecular complexity index is 935. The van der Waals surface area contributed by atoms with Gasteiger partial charge >= 0.3 is 5.97 Å². The quantitative estimate of drug-likeness (QED) is 0.545. The Balaban J connectivity index is 1.87. The molecule has 1 unspecified atom stereocenters. The van der Waals surface area contributed by atoms with E-state index in [0.717, 1.165) is 31.5 Å². The van der Waals surface area contributed by atoms with Crippen LogP contribution in [0.3, 0.4) is 0 Å². The molecular weight excluding hydrogens is 404 g/mol. The predicted octanol–water partition coefficient (Wildman–Crippen LogP) is 5.43. The van der Waals surface area contributed by atoms with E-state index in [-0.39, 0.29) is 29.4 Å². The summed E-state index contributed by atoms with van der Waals surface area (Å²) in [6.45, 7) is 7.84. The molecular formula is C26H34N2O4. The number of piperidine rings is 1. The average molecular weight is 439 g/mol. The van der Waals surface area contributed by atoms with Gasteiger partial charge in [-0.3, -0.25) is 4.79 Å². The molecule has 1 amide bonds. The summed E-state index contributed by atoms with van der Waals surface area (Å²) in [5.41, 5.74) is 2.76. The number of nitrogens with zero attached hydrogens (tertiary/aromatic N) is 1. The Labute approximate surface area is 190 Å². The minimum Gasteiger partial charge on any atom is -0.490 e. The van der Waals surface area contributed by atoms with Gasteiger partial charge in [0.1, 0.15) is 11.3 Å². The van der Waals surface area contributed by atoms with Crippen LogP contribution >= 0.6 is 0 Å². The van der Waals surface area contributed by atoms with Crippen LogP contribution in [0.15, 0.2) is 42.5 Å². The molecule has 2 aromatic carbocycles. The van der Waals surface area contributed by atoms with Crippen molar-refractivity contribution < 1.29 is 19.4 Å². The zero-order valence-corrected chi connectivity index (χ0v) is 19.3. The molecule has 1 saturated heterocycles. The summed E-state index contributed by atoms with van der Waals surface area (Å²) in [7, 11) is 0. The van der Waals surface area contributed by atoms with Crippen molar-refractivity contribution in [3.05, 3.63) is 59.2 Å². The number of carbonyl (C=O) groups excluding carboxylic acids is 1. The molecule has 1 heterocycles. The Morgan fingerprint density at radius 3 is 2.47 bits per heavy atom. The van der Waals surface area contributed by atoms with Crippen LogP contribution in [0.2, 0.25) is 0 Å². The summed E-state index contributed by atoms with van der Waals surface area (Å²) in [5, 5.41) is 12.6. The van der Waals surface area contributed by atoms with Gasteiger partial charge in [-0.1, -0.05) is 31.5 Å². The lowest BCUT2D eigenvalue weighted by molar-refractivity contribution is 0.0689. The summed E-state index contributed by atoms with van der Waals surface area (Å²) in [4.78, 5) is 27.1. The molecule has 1 fully saturated rings. The van der Waals surface area contributed by atoms with Gasteiger partial charge in [-0.25, -0.2) is 4.79 Å². The number of aromatic carboxylic acids is 1. The Hall–Kier alpha value is -3.02. The number of ether oxygens (including phenoxy) is 1. The van der Waals surface area contributed by atoms with Crippen molar-refractivity contribution >= 4 is 17.6 Å². The van der Waals surface area contributed by atoms with Crippen molar-refractivity contribution in [1.82, 2.24) is 5.32 Å². The molecule has 2 N–H and O–H groups in total. The fourth-order valence-corrected chi connectivity index (χ4v) is 4.23. The van der Waals surface area contributed by atoms with Crippen molar-refractivity contribution in [2.24, 2.45) is 0 Å². The van der Waals surface area contributed by atoms with E-state index >= 15 is 0 Å². The molecule has 32 heavy (non-hydrogen) atoms. The molecule has 0 aromatic heterocycles. The first-order valence-corrected chi connectivity index (χ1v) is 11.6. The molecule has 0 spiro atoms. The molecule has 1 aliphatic rings. The number of benzene rings is 2. The van der Waals surface area contributed by atoms with Gasteiger partial charge in [-0.05, 0) is 69.4 Å². The molecule has 0 bridgehead atoms. The molecule has 0 radical (unpaired) electrons. The minimum atomic E-state index is -1.08. The number of rotatable bonds is 9. The largest absolute Gasteiger partial charge is 0.490 e. The van der Waals surface area contributed by atoms with E-state index in [1.54, 1.807) is 6.07 Å². The maximum absolute atomic E-state index is 13.2. The zero-order chi connectivity index (χ0) is 23.1. The van der Waals surface area contributed by atoms with Gasteiger partial charge < -0.3 is 20.1 Å². The van der Waals surface area contributed by atoms with Gasteiger partial charge in [-0.15, -0.1) is 0 Å². The second-order valence-electron chi connectivity index (χ2n) is 8.60. The van der Waals surface area contributed by atoms with E-state index in [9.17, 15) is 14.7 Å². The monoisotopic (exact) mass is 438 g/mol. The minimum absolute atomic E-state index is 0.0517. The van der Waals surface area contributed by atoms with E-state index in [4.69, 9.17) is 4.74 Å². The van der Waals surface area contributed by atoms with Crippen LogP contribution in [0, 0.1) is 0 Å². The van der Waals surface area contributed by atoms with Crippen LogP contribution in [0.5, 0.6) is 5.75 Å². The fourth-order valence-electron chi connectivity index (χ4n) is 4.23. The Kier molecular flexibility index (Phi) is 8.14. The molecule has 2 aromatic rings. The molecule has 1 atom stereocenters. The summed E-state index contributed by atoms with van der Waals surface area (Å²) >= 11 is 0. The predicted molar refractivity (Wildman–Crippen MR) is 127 cm³/mol. The topological polar surface area (TPSA) is 78.9 Å². The number of hydrogen-bond acceptors (Lipinski definition) is 4. The summed E-state index contributed by atoms with van der Waals surface area (Å²) < 4.78 is 5.67. The van der Waals surface area contributed by atoms with Crippen LogP contribution in [0.25, 0.3) is 0 Å². The standard InChI is InChI=1S/C26H34N2O4/c1-4-10-22(20-11-6-7-12-23(20)28-15-8-5-9-16-28)27-25(29)19-13-14-21(26(30)31)24(17-19)32-18(2)3/h6-7,11-14,17-18,22H,4-5,8-10,15-16H2,1-3H3,(H,27,29)(H,30,31). The number of carboxylic acids is 1. The smallest absolute Gasteiger partial charge is 0.339 e. The van der Waals surface area contributed by atoms with Gasteiger partial charge in [0.2, 0.25) is 0 Å². The SMILES string of the molecule is CCCC(NC(=O)c1ccc(C(=O)O)c(OC(C)C)c1)c1ccccc1N1CCCCC1. The first-order valence-electron chi connectivity index (χ1n) is 11.6. The molecule has 0 saturated carbocycles. The molecule has 0 aliphatic carbocycles. The van der Waals surface area contributed by atoms with E-state index in [1.165, 1.54) is 37.1 Å². The summed E-state index contributed by atoms with van der Waals surface area (Å²) in [6, 6.07) is 12.7. The zero-order valence-electron chi connectivity index (χ0n) is 19.3. The maximum atomic E-state index is 13.2. The van der Waals surface area contributed by atoms with E-state index in [2.05, 4.69) is 35.3 Å². The lowest BCUT2D eigenvalue weighted by atomic mass is 9.97. The summed E-state index contributed by atoms with van der Waals surface area (Å²) in [6.07, 6.45) is 5.19. The first kappa shape index (κ1) is 23.6. The second-order valence-corrected chi connectivity index (χ2v) is 8.60. The van der Waals surface area contributed by atoms with Crippen LogP contribution < -0.4 is 15.0 Å². The van der Waals surface area contributed by atoms with Crippen LogP contribution in [0.4, 0.5) is 5.69 Å². The maximum Gasteiger partial charge on any atom is 0.339 e. The third kappa shape index (κ3) is 5.81. The molecule has 1 aliphatic heterocycles. The van der Waals surface area contributed by atoms with Gasteiger partial charge in [0, 0.05) is 24.3 Å². The number of carboxylic acid groups (broad SMARTS) is 1. The van der Waals surface area contributed by atoms with Crippen molar-refractivity contribution in [2.45, 2.75) is 65.0 Å². The molecule has 3 rings (SSSR count). The third-order valence-corrected chi connectivity index (χ3v) is 5.73. The molecule has 6 heteroatoms. The summed E-state index contributed by atoms with van der Waals surface area (Å²) in [5.74, 6) is -1.10. The van der Waals surface area contributed by atoms with Crippen molar-refractivity contribution in [2.75, 3.05) is 18.0 Å². The van der Waals surface area contributed by atoms with E-state index in [0.29, 0.717) is 5.56 Å².